The van der Waals surface area contributed by atoms with E-state index in [9.17, 15) is 0 Å². The molecular formula is C12H25NO. The van der Waals surface area contributed by atoms with Crippen molar-refractivity contribution in [1.82, 2.24) is 5.32 Å². The third-order valence-corrected chi connectivity index (χ3v) is 2.24. The van der Waals surface area contributed by atoms with E-state index >= 15 is 0 Å². The second-order valence-corrected chi connectivity index (χ2v) is 4.82. The first-order valence-corrected chi connectivity index (χ1v) is 5.31. The minimum absolute atomic E-state index is 0.325. The van der Waals surface area contributed by atoms with Crippen molar-refractivity contribution in [3.8, 4) is 0 Å². The molecule has 0 saturated heterocycles. The van der Waals surface area contributed by atoms with Crippen LogP contribution >= 0.6 is 0 Å². The molecule has 0 aliphatic heterocycles. The van der Waals surface area contributed by atoms with Crippen LogP contribution in [0.4, 0.5) is 0 Å². The number of hydrogen-bond donors (Lipinski definition) is 1. The van der Waals surface area contributed by atoms with Gasteiger partial charge in [0.25, 0.3) is 0 Å². The van der Waals surface area contributed by atoms with E-state index in [1.165, 1.54) is 5.57 Å². The van der Waals surface area contributed by atoms with Gasteiger partial charge in [-0.3, -0.25) is 0 Å². The number of allylic oxidation sites excluding steroid dienone is 1. The van der Waals surface area contributed by atoms with Crippen molar-refractivity contribution in [1.29, 1.82) is 0 Å². The van der Waals surface area contributed by atoms with Gasteiger partial charge in [0.15, 0.2) is 0 Å². The molecule has 0 aliphatic carbocycles. The molecule has 1 N–H and O–H groups in total. The first-order chi connectivity index (χ1) is 6.48. The van der Waals surface area contributed by atoms with Crippen LogP contribution in [0.25, 0.3) is 0 Å². The molecule has 0 saturated carbocycles. The lowest BCUT2D eigenvalue weighted by Crippen LogP contribution is -2.30. The minimum atomic E-state index is 0.325. The van der Waals surface area contributed by atoms with Gasteiger partial charge in [0.05, 0.1) is 0 Å². The zero-order chi connectivity index (χ0) is 11.0. The van der Waals surface area contributed by atoms with E-state index in [1.807, 2.05) is 0 Å². The van der Waals surface area contributed by atoms with Crippen molar-refractivity contribution < 1.29 is 4.74 Å². The van der Waals surface area contributed by atoms with E-state index in [0.717, 1.165) is 26.1 Å². The minimum Gasteiger partial charge on any atom is -0.385 e. The van der Waals surface area contributed by atoms with Gasteiger partial charge in [-0.1, -0.05) is 25.5 Å². The van der Waals surface area contributed by atoms with E-state index in [4.69, 9.17) is 4.74 Å². The molecule has 0 aliphatic rings. The number of nitrogens with one attached hydrogen (secondary N) is 1. The van der Waals surface area contributed by atoms with E-state index in [-0.39, 0.29) is 0 Å². The monoisotopic (exact) mass is 199 g/mol. The second-order valence-electron chi connectivity index (χ2n) is 4.82. The summed E-state index contributed by atoms with van der Waals surface area (Å²) in [5.41, 5.74) is 1.69. The summed E-state index contributed by atoms with van der Waals surface area (Å²) >= 11 is 0. The van der Waals surface area contributed by atoms with Crippen molar-refractivity contribution in [2.24, 2.45) is 5.41 Å². The lowest BCUT2D eigenvalue weighted by atomic mass is 9.90. The molecule has 0 aromatic rings. The van der Waals surface area contributed by atoms with Crippen molar-refractivity contribution >= 4 is 0 Å². The van der Waals surface area contributed by atoms with Crippen LogP contribution < -0.4 is 5.32 Å². The van der Waals surface area contributed by atoms with Crippen LogP contribution in [0.2, 0.25) is 0 Å². The Bertz CT molecular complexity index is 169. The van der Waals surface area contributed by atoms with Crippen LogP contribution in [0.3, 0.4) is 0 Å². The van der Waals surface area contributed by atoms with Crippen LogP contribution in [0, 0.1) is 5.41 Å². The Kier molecular flexibility index (Phi) is 6.85. The van der Waals surface area contributed by atoms with Crippen LogP contribution in [0.15, 0.2) is 11.6 Å². The fourth-order valence-corrected chi connectivity index (χ4v) is 1.15. The molecule has 0 fully saturated rings. The maximum atomic E-state index is 5.08. The molecule has 0 heterocycles. The molecule has 0 atom stereocenters. The fourth-order valence-electron chi connectivity index (χ4n) is 1.15. The van der Waals surface area contributed by atoms with Crippen LogP contribution in [-0.4, -0.2) is 26.8 Å². The van der Waals surface area contributed by atoms with Gasteiger partial charge in [0.1, 0.15) is 0 Å². The highest BCUT2D eigenvalue weighted by Crippen LogP contribution is 2.18. The topological polar surface area (TPSA) is 21.3 Å². The van der Waals surface area contributed by atoms with Gasteiger partial charge in [-0.25, -0.2) is 0 Å². The maximum absolute atomic E-state index is 5.08. The molecule has 84 valence electrons. The quantitative estimate of drug-likeness (QED) is 0.502. The lowest BCUT2D eigenvalue weighted by molar-refractivity contribution is 0.151. The van der Waals surface area contributed by atoms with E-state index < -0.39 is 0 Å². The van der Waals surface area contributed by atoms with E-state index in [2.05, 4.69) is 39.1 Å². The molecule has 0 aromatic carbocycles. The summed E-state index contributed by atoms with van der Waals surface area (Å²) < 4.78 is 5.08. The highest BCUT2D eigenvalue weighted by molar-refractivity contribution is 4.94. The first-order valence-electron chi connectivity index (χ1n) is 5.31. The number of ether oxygens (including phenoxy) is 1. The number of methoxy groups -OCH3 is 1. The summed E-state index contributed by atoms with van der Waals surface area (Å²) in [7, 11) is 1.76. The van der Waals surface area contributed by atoms with Crippen molar-refractivity contribution in [2.75, 3.05) is 26.8 Å². The van der Waals surface area contributed by atoms with Crippen molar-refractivity contribution in [2.45, 2.75) is 34.1 Å². The molecule has 2 nitrogen and oxygen atoms in total. The number of hydrogen-bond acceptors (Lipinski definition) is 2. The molecule has 0 rings (SSSR count). The summed E-state index contributed by atoms with van der Waals surface area (Å²) in [6, 6.07) is 0. The Hall–Kier alpha value is -0.340. The summed E-state index contributed by atoms with van der Waals surface area (Å²) in [5, 5.41) is 3.43. The average Bonchev–Trinajstić information content (AvgIpc) is 2.09. The largest absolute Gasteiger partial charge is 0.385 e. The van der Waals surface area contributed by atoms with Crippen LogP contribution in [0.5, 0.6) is 0 Å². The molecule has 14 heavy (non-hydrogen) atoms. The molecule has 0 radical (unpaired) electrons. The first kappa shape index (κ1) is 13.7. The zero-order valence-electron chi connectivity index (χ0n) is 10.3. The van der Waals surface area contributed by atoms with Gasteiger partial charge >= 0.3 is 0 Å². The molecular weight excluding hydrogens is 174 g/mol. The van der Waals surface area contributed by atoms with Gasteiger partial charge in [0.2, 0.25) is 0 Å². The van der Waals surface area contributed by atoms with Crippen LogP contribution in [-0.2, 0) is 4.74 Å². The highest BCUT2D eigenvalue weighted by atomic mass is 16.5. The SMILES string of the molecule is COCCC(C)(C)CNCC=C(C)C. The average molecular weight is 199 g/mol. The molecule has 0 unspecified atom stereocenters. The van der Waals surface area contributed by atoms with Crippen molar-refractivity contribution in [3.63, 3.8) is 0 Å². The normalized spacial score (nSPS) is 11.5. The Morgan fingerprint density at radius 1 is 1.36 bits per heavy atom. The summed E-state index contributed by atoms with van der Waals surface area (Å²) in [6.07, 6.45) is 3.32. The van der Waals surface area contributed by atoms with Crippen molar-refractivity contribution in [3.05, 3.63) is 11.6 Å². The summed E-state index contributed by atoms with van der Waals surface area (Å²) in [5.74, 6) is 0. The van der Waals surface area contributed by atoms with Gasteiger partial charge < -0.3 is 10.1 Å². The molecule has 2 heteroatoms. The van der Waals surface area contributed by atoms with Gasteiger partial charge in [0, 0.05) is 26.8 Å². The smallest absolute Gasteiger partial charge is 0.0467 e. The Morgan fingerprint density at radius 3 is 2.50 bits per heavy atom. The molecule has 0 aromatic heterocycles. The third-order valence-electron chi connectivity index (χ3n) is 2.24. The van der Waals surface area contributed by atoms with E-state index in [0.29, 0.717) is 5.41 Å². The second kappa shape index (κ2) is 7.02. The Morgan fingerprint density at radius 2 is 2.00 bits per heavy atom. The van der Waals surface area contributed by atoms with Gasteiger partial charge in [-0.2, -0.15) is 0 Å². The molecule has 0 amide bonds. The zero-order valence-corrected chi connectivity index (χ0v) is 10.3. The van der Waals surface area contributed by atoms with Crippen LogP contribution in [0.1, 0.15) is 34.1 Å². The number of rotatable bonds is 7. The third kappa shape index (κ3) is 8.27. The standard InChI is InChI=1S/C12H25NO/c1-11(2)6-8-13-10-12(3,4)7-9-14-5/h6,13H,7-10H2,1-5H3. The Balaban J connectivity index is 3.59. The van der Waals surface area contributed by atoms with Gasteiger partial charge in [-0.05, 0) is 25.7 Å². The predicted molar refractivity (Wildman–Crippen MR) is 62.6 cm³/mol. The highest BCUT2D eigenvalue weighted by Gasteiger charge is 2.16. The predicted octanol–water partition coefficient (Wildman–Crippen LogP) is 2.60. The summed E-state index contributed by atoms with van der Waals surface area (Å²) in [6.45, 7) is 11.6. The maximum Gasteiger partial charge on any atom is 0.0467 e. The van der Waals surface area contributed by atoms with E-state index in [1.54, 1.807) is 7.11 Å². The molecule has 0 bridgehead atoms. The summed E-state index contributed by atoms with van der Waals surface area (Å²) in [4.78, 5) is 0. The van der Waals surface area contributed by atoms with Gasteiger partial charge in [-0.15, -0.1) is 0 Å². The molecule has 0 spiro atoms. The lowest BCUT2D eigenvalue weighted by Gasteiger charge is -2.24. The Labute approximate surface area is 88.7 Å². The fraction of sp³-hybridized carbons (Fsp3) is 0.833.